The Morgan fingerprint density at radius 1 is 1.40 bits per heavy atom. The number of carbonyl (C=O) groups is 3. The van der Waals surface area contributed by atoms with Crippen LogP contribution in [0.4, 0.5) is 11.4 Å². The second-order valence-corrected chi connectivity index (χ2v) is 5.10. The van der Waals surface area contributed by atoms with Crippen LogP contribution >= 0.6 is 0 Å². The molecule has 0 atom stereocenters. The minimum Gasteiger partial charge on any atom is -0.478 e. The minimum atomic E-state index is -1.09. The van der Waals surface area contributed by atoms with Crippen molar-refractivity contribution >= 4 is 29.2 Å². The van der Waals surface area contributed by atoms with Gasteiger partial charge in [-0.1, -0.05) is 0 Å². The fourth-order valence-corrected chi connectivity index (χ4v) is 2.10. The molecule has 4 N–H and O–H groups in total. The van der Waals surface area contributed by atoms with E-state index in [1.807, 2.05) is 0 Å². The summed E-state index contributed by atoms with van der Waals surface area (Å²) >= 11 is 0. The summed E-state index contributed by atoms with van der Waals surface area (Å²) in [6.07, 6.45) is 0. The largest absolute Gasteiger partial charge is 0.478 e. The molecule has 7 heteroatoms. The highest BCUT2D eigenvalue weighted by molar-refractivity contribution is 6.07. The molecule has 2 rings (SSSR count). The van der Waals surface area contributed by atoms with Gasteiger partial charge >= 0.3 is 5.97 Å². The molecule has 1 heterocycles. The summed E-state index contributed by atoms with van der Waals surface area (Å²) in [6, 6.07) is 4.21. The Hall–Kier alpha value is -2.57. The van der Waals surface area contributed by atoms with Gasteiger partial charge in [0.15, 0.2) is 0 Å². The number of nitrogens with two attached hydrogens (primary N) is 1. The van der Waals surface area contributed by atoms with Gasteiger partial charge in [-0.3, -0.25) is 14.9 Å². The monoisotopic (exact) mass is 277 g/mol. The van der Waals surface area contributed by atoms with Gasteiger partial charge in [0.1, 0.15) is 5.54 Å². The summed E-state index contributed by atoms with van der Waals surface area (Å²) in [5.74, 6) is -1.93. The lowest BCUT2D eigenvalue weighted by molar-refractivity contribution is -0.135. The molecule has 0 unspecified atom stereocenters. The van der Waals surface area contributed by atoms with Gasteiger partial charge in [-0.2, -0.15) is 0 Å². The van der Waals surface area contributed by atoms with Crippen LogP contribution in [-0.4, -0.2) is 35.0 Å². The number of amides is 2. The highest BCUT2D eigenvalue weighted by Crippen LogP contribution is 2.31. The van der Waals surface area contributed by atoms with E-state index in [0.717, 1.165) is 0 Å². The topological polar surface area (TPSA) is 113 Å². The molecule has 0 bridgehead atoms. The predicted molar refractivity (Wildman–Crippen MR) is 72.4 cm³/mol. The van der Waals surface area contributed by atoms with Gasteiger partial charge in [-0.25, -0.2) is 4.79 Å². The average molecular weight is 277 g/mol. The molecule has 1 fully saturated rings. The number of imide groups is 1. The van der Waals surface area contributed by atoms with Crippen molar-refractivity contribution in [2.45, 2.75) is 19.4 Å². The van der Waals surface area contributed by atoms with Gasteiger partial charge in [0.05, 0.1) is 23.5 Å². The third-order valence-corrected chi connectivity index (χ3v) is 3.35. The maximum Gasteiger partial charge on any atom is 0.335 e. The maximum absolute atomic E-state index is 11.9. The second-order valence-electron chi connectivity index (χ2n) is 5.10. The number of carboxylic acids is 1. The number of carboxylic acid groups (broad SMARTS) is 1. The predicted octanol–water partition coefficient (Wildman–Crippen LogP) is 0.208. The Kier molecular flexibility index (Phi) is 3.13. The zero-order valence-electron chi connectivity index (χ0n) is 11.1. The van der Waals surface area contributed by atoms with Crippen molar-refractivity contribution in [2.24, 2.45) is 0 Å². The lowest BCUT2D eigenvalue weighted by Crippen LogP contribution is -2.64. The molecule has 7 nitrogen and oxygen atoms in total. The summed E-state index contributed by atoms with van der Waals surface area (Å²) in [5.41, 5.74) is 5.63. The number of nitrogens with one attached hydrogen (secondary N) is 1. The number of hydrogen-bond donors (Lipinski definition) is 3. The van der Waals surface area contributed by atoms with E-state index >= 15 is 0 Å². The van der Waals surface area contributed by atoms with E-state index in [1.165, 1.54) is 18.2 Å². The maximum atomic E-state index is 11.9. The fraction of sp³-hybridized carbons (Fsp3) is 0.308. The summed E-state index contributed by atoms with van der Waals surface area (Å²) in [6.45, 7) is 3.31. The quantitative estimate of drug-likeness (QED) is 0.526. The SMILES string of the molecule is CC1(C)C(=O)NC(=O)CN1c1ccc(C(=O)O)cc1N. The highest BCUT2D eigenvalue weighted by Gasteiger charge is 2.41. The average Bonchev–Trinajstić information content (AvgIpc) is 2.34. The lowest BCUT2D eigenvalue weighted by Gasteiger charge is -2.42. The lowest BCUT2D eigenvalue weighted by atomic mass is 9.97. The molecule has 106 valence electrons. The molecule has 0 aromatic heterocycles. The number of benzene rings is 1. The molecule has 0 saturated carbocycles. The first-order valence-corrected chi connectivity index (χ1v) is 5.98. The Morgan fingerprint density at radius 2 is 2.05 bits per heavy atom. The molecule has 1 aromatic rings. The molecule has 1 saturated heterocycles. The second kappa shape index (κ2) is 4.52. The van der Waals surface area contributed by atoms with Crippen LogP contribution in [-0.2, 0) is 9.59 Å². The van der Waals surface area contributed by atoms with E-state index in [2.05, 4.69) is 5.32 Å². The molecule has 1 aliphatic rings. The Balaban J connectivity index is 2.46. The van der Waals surface area contributed by atoms with Crippen LogP contribution in [0.5, 0.6) is 0 Å². The van der Waals surface area contributed by atoms with Gasteiger partial charge in [0, 0.05) is 0 Å². The number of aromatic carboxylic acids is 1. The van der Waals surface area contributed by atoms with Crippen LogP contribution in [0.15, 0.2) is 18.2 Å². The summed E-state index contributed by atoms with van der Waals surface area (Å²) in [5, 5.41) is 11.2. The van der Waals surface area contributed by atoms with E-state index < -0.39 is 23.3 Å². The number of nitrogens with zero attached hydrogens (tertiary/aromatic N) is 1. The molecule has 0 radical (unpaired) electrons. The number of hydrogen-bond acceptors (Lipinski definition) is 5. The molecule has 20 heavy (non-hydrogen) atoms. The van der Waals surface area contributed by atoms with Crippen molar-refractivity contribution in [3.05, 3.63) is 23.8 Å². The highest BCUT2D eigenvalue weighted by atomic mass is 16.4. The zero-order valence-corrected chi connectivity index (χ0v) is 11.1. The normalized spacial score (nSPS) is 17.8. The van der Waals surface area contributed by atoms with Gasteiger partial charge in [-0.05, 0) is 32.0 Å². The van der Waals surface area contributed by atoms with E-state index in [0.29, 0.717) is 5.69 Å². The van der Waals surface area contributed by atoms with Crippen molar-refractivity contribution in [2.75, 3.05) is 17.2 Å². The van der Waals surface area contributed by atoms with Gasteiger partial charge in [-0.15, -0.1) is 0 Å². The van der Waals surface area contributed by atoms with Crippen LogP contribution < -0.4 is 16.0 Å². The van der Waals surface area contributed by atoms with Gasteiger partial charge in [0.25, 0.3) is 5.91 Å². The van der Waals surface area contributed by atoms with Crippen LogP contribution in [0.1, 0.15) is 24.2 Å². The van der Waals surface area contributed by atoms with Crippen LogP contribution in [0.3, 0.4) is 0 Å². The van der Waals surface area contributed by atoms with E-state index in [4.69, 9.17) is 10.8 Å². The van der Waals surface area contributed by atoms with Crippen LogP contribution in [0, 0.1) is 0 Å². The van der Waals surface area contributed by atoms with Gasteiger partial charge < -0.3 is 15.7 Å². The number of nitrogen functional groups attached to an aromatic ring is 1. The Labute approximate surface area is 115 Å². The number of carbonyl (C=O) groups excluding carboxylic acids is 2. The molecule has 0 spiro atoms. The summed E-state index contributed by atoms with van der Waals surface area (Å²) in [7, 11) is 0. The first-order valence-electron chi connectivity index (χ1n) is 5.98. The molecule has 1 aromatic carbocycles. The summed E-state index contributed by atoms with van der Waals surface area (Å²) < 4.78 is 0. The van der Waals surface area contributed by atoms with Crippen molar-refractivity contribution in [3.8, 4) is 0 Å². The van der Waals surface area contributed by atoms with Crippen LogP contribution in [0.2, 0.25) is 0 Å². The van der Waals surface area contributed by atoms with E-state index in [9.17, 15) is 14.4 Å². The number of piperazine rings is 1. The van der Waals surface area contributed by atoms with E-state index in [1.54, 1.807) is 18.7 Å². The van der Waals surface area contributed by atoms with Crippen molar-refractivity contribution in [1.82, 2.24) is 5.32 Å². The first kappa shape index (κ1) is 13.9. The molecule has 2 amide bonds. The Bertz CT molecular complexity index is 610. The molecular weight excluding hydrogens is 262 g/mol. The van der Waals surface area contributed by atoms with Crippen molar-refractivity contribution in [3.63, 3.8) is 0 Å². The number of rotatable bonds is 2. The molecular formula is C13H15N3O4. The van der Waals surface area contributed by atoms with Crippen LogP contribution in [0.25, 0.3) is 0 Å². The number of anilines is 2. The third-order valence-electron chi connectivity index (χ3n) is 3.35. The summed E-state index contributed by atoms with van der Waals surface area (Å²) in [4.78, 5) is 35.9. The molecule has 1 aliphatic heterocycles. The zero-order chi connectivity index (χ0) is 15.1. The fourth-order valence-electron chi connectivity index (χ4n) is 2.10. The van der Waals surface area contributed by atoms with Crippen molar-refractivity contribution in [1.29, 1.82) is 0 Å². The smallest absolute Gasteiger partial charge is 0.335 e. The minimum absolute atomic E-state index is 0.0185. The van der Waals surface area contributed by atoms with Gasteiger partial charge in [0.2, 0.25) is 5.91 Å². The van der Waals surface area contributed by atoms with Crippen molar-refractivity contribution < 1.29 is 19.5 Å². The van der Waals surface area contributed by atoms with E-state index in [-0.39, 0.29) is 17.8 Å². The first-order chi connectivity index (χ1) is 9.23. The third kappa shape index (κ3) is 2.18. The molecule has 0 aliphatic carbocycles. The standard InChI is InChI=1S/C13H15N3O4/c1-13(2)12(20)15-10(17)6-16(13)9-4-3-7(11(18)19)5-8(9)14/h3-5H,6,14H2,1-2H3,(H,18,19)(H,15,17,20). The Morgan fingerprint density at radius 3 is 2.60 bits per heavy atom.